The second kappa shape index (κ2) is 3.71. The molecule has 0 saturated carbocycles. The maximum atomic E-state index is 11.5. The highest BCUT2D eigenvalue weighted by Crippen LogP contribution is 2.27. The lowest BCUT2D eigenvalue weighted by Gasteiger charge is -1.87. The van der Waals surface area contributed by atoms with Crippen LogP contribution < -0.4 is 5.56 Å². The predicted octanol–water partition coefficient (Wildman–Crippen LogP) is 1.91. The van der Waals surface area contributed by atoms with E-state index in [-0.39, 0.29) is 11.3 Å². The van der Waals surface area contributed by atoms with Gasteiger partial charge in [-0.1, -0.05) is 0 Å². The van der Waals surface area contributed by atoms with Crippen LogP contribution in [0.2, 0.25) is 0 Å². The van der Waals surface area contributed by atoms with Crippen molar-refractivity contribution in [2.75, 3.05) is 0 Å². The van der Waals surface area contributed by atoms with E-state index < -0.39 is 0 Å². The number of aromatic nitrogens is 2. The zero-order valence-corrected chi connectivity index (χ0v) is 9.90. The van der Waals surface area contributed by atoms with Crippen molar-refractivity contribution in [3.05, 3.63) is 26.7 Å². The van der Waals surface area contributed by atoms with Gasteiger partial charge < -0.3 is 4.52 Å². The summed E-state index contributed by atoms with van der Waals surface area (Å²) in [7, 11) is 0. The van der Waals surface area contributed by atoms with Crippen LogP contribution in [-0.2, 0) is 0 Å². The van der Waals surface area contributed by atoms with Crippen molar-refractivity contribution in [1.82, 2.24) is 10.1 Å². The number of carbonyl (C=O) groups is 1. The Morgan fingerprint density at radius 2 is 2.12 bits per heavy atom. The van der Waals surface area contributed by atoms with Crippen molar-refractivity contribution in [2.45, 2.75) is 20.8 Å². The first-order chi connectivity index (χ1) is 7.50. The third-order valence-corrected chi connectivity index (χ3v) is 3.48. The first kappa shape index (κ1) is 10.8. The van der Waals surface area contributed by atoms with Gasteiger partial charge in [0.2, 0.25) is 0 Å². The third kappa shape index (κ3) is 1.61. The van der Waals surface area contributed by atoms with Crippen molar-refractivity contribution >= 4 is 17.1 Å². The average molecular weight is 238 g/mol. The Labute approximate surface area is 95.1 Å². The predicted molar refractivity (Wildman–Crippen MR) is 59.9 cm³/mol. The molecule has 2 heterocycles. The van der Waals surface area contributed by atoms with E-state index in [1.807, 2.05) is 0 Å². The molecule has 0 aromatic carbocycles. The monoisotopic (exact) mass is 238 g/mol. The lowest BCUT2D eigenvalue weighted by molar-refractivity contribution is 0.102. The fourth-order valence-corrected chi connectivity index (χ4v) is 2.51. The van der Waals surface area contributed by atoms with Gasteiger partial charge in [-0.25, -0.2) is 4.98 Å². The SMILES string of the molecule is CC(=O)c1sc(-c2c(C)o[nH]c2=O)nc1C. The Morgan fingerprint density at radius 1 is 1.44 bits per heavy atom. The number of carbonyl (C=O) groups excluding carboxylic acids is 1. The van der Waals surface area contributed by atoms with Crippen molar-refractivity contribution < 1.29 is 9.32 Å². The molecule has 2 rings (SSSR count). The molecule has 0 radical (unpaired) electrons. The quantitative estimate of drug-likeness (QED) is 0.811. The molecular weight excluding hydrogens is 228 g/mol. The minimum atomic E-state index is -0.318. The minimum Gasteiger partial charge on any atom is -0.383 e. The van der Waals surface area contributed by atoms with E-state index in [9.17, 15) is 9.59 Å². The third-order valence-electron chi connectivity index (χ3n) is 2.21. The minimum absolute atomic E-state index is 0.0428. The summed E-state index contributed by atoms with van der Waals surface area (Å²) < 4.78 is 4.90. The van der Waals surface area contributed by atoms with Gasteiger partial charge in [0.25, 0.3) is 5.56 Å². The summed E-state index contributed by atoms with van der Waals surface area (Å²) in [5, 5.41) is 2.77. The van der Waals surface area contributed by atoms with Gasteiger partial charge in [-0.2, -0.15) is 5.16 Å². The van der Waals surface area contributed by atoms with Crippen molar-refractivity contribution in [2.24, 2.45) is 0 Å². The van der Waals surface area contributed by atoms with Gasteiger partial charge in [0.1, 0.15) is 16.3 Å². The molecule has 84 valence electrons. The summed E-state index contributed by atoms with van der Waals surface area (Å²) >= 11 is 1.21. The molecular formula is C10H10N2O3S. The van der Waals surface area contributed by atoms with Crippen molar-refractivity contribution in [3.63, 3.8) is 0 Å². The molecule has 16 heavy (non-hydrogen) atoms. The number of H-pyrrole nitrogens is 1. The van der Waals surface area contributed by atoms with E-state index in [4.69, 9.17) is 4.52 Å². The summed E-state index contributed by atoms with van der Waals surface area (Å²) in [6.07, 6.45) is 0. The van der Waals surface area contributed by atoms with E-state index in [1.165, 1.54) is 18.3 Å². The average Bonchev–Trinajstić information content (AvgIpc) is 2.70. The van der Waals surface area contributed by atoms with Crippen LogP contribution in [0.5, 0.6) is 0 Å². The molecule has 2 aromatic heterocycles. The standard InChI is InChI=1S/C10H10N2O3S/c1-4-8(5(2)13)16-10(11-4)7-6(3)15-12-9(7)14/h1-3H3,(H,12,14). The summed E-state index contributed by atoms with van der Waals surface area (Å²) in [6, 6.07) is 0. The summed E-state index contributed by atoms with van der Waals surface area (Å²) in [4.78, 5) is 27.5. The molecule has 0 unspecified atom stereocenters. The zero-order chi connectivity index (χ0) is 11.9. The molecule has 0 bridgehead atoms. The smallest absolute Gasteiger partial charge is 0.290 e. The zero-order valence-electron chi connectivity index (χ0n) is 9.08. The number of hydrogen-bond acceptors (Lipinski definition) is 5. The van der Waals surface area contributed by atoms with E-state index in [0.29, 0.717) is 26.9 Å². The lowest BCUT2D eigenvalue weighted by Crippen LogP contribution is -2.01. The van der Waals surface area contributed by atoms with E-state index in [0.717, 1.165) is 0 Å². The number of aromatic amines is 1. The Morgan fingerprint density at radius 3 is 2.56 bits per heavy atom. The van der Waals surface area contributed by atoms with E-state index in [2.05, 4.69) is 10.1 Å². The molecule has 6 heteroatoms. The maximum absolute atomic E-state index is 11.5. The molecule has 0 amide bonds. The summed E-state index contributed by atoms with van der Waals surface area (Å²) in [5.74, 6) is 0.438. The van der Waals surface area contributed by atoms with Crippen LogP contribution in [0.1, 0.15) is 28.0 Å². The molecule has 0 spiro atoms. The molecule has 0 aliphatic heterocycles. The molecule has 0 aliphatic rings. The second-order valence-electron chi connectivity index (χ2n) is 3.45. The van der Waals surface area contributed by atoms with Crippen LogP contribution in [0.25, 0.3) is 10.6 Å². The molecule has 0 aliphatic carbocycles. The Bertz CT molecular complexity index is 606. The Kier molecular flexibility index (Phi) is 2.51. The van der Waals surface area contributed by atoms with Gasteiger partial charge in [-0.15, -0.1) is 11.3 Å². The van der Waals surface area contributed by atoms with E-state index in [1.54, 1.807) is 13.8 Å². The van der Waals surface area contributed by atoms with Crippen LogP contribution in [-0.4, -0.2) is 15.9 Å². The first-order valence-electron chi connectivity index (χ1n) is 4.67. The number of rotatable bonds is 2. The maximum Gasteiger partial charge on any atom is 0.290 e. The number of Topliss-reactive ketones (excluding diaryl/α,β-unsaturated/α-hetero) is 1. The second-order valence-corrected chi connectivity index (χ2v) is 4.45. The Hall–Kier alpha value is -1.69. The largest absolute Gasteiger partial charge is 0.383 e. The number of thiazole rings is 1. The van der Waals surface area contributed by atoms with Gasteiger partial charge in [0.15, 0.2) is 5.78 Å². The van der Waals surface area contributed by atoms with Gasteiger partial charge in [-0.3, -0.25) is 9.59 Å². The van der Waals surface area contributed by atoms with E-state index >= 15 is 0 Å². The highest BCUT2D eigenvalue weighted by atomic mass is 32.1. The number of nitrogens with one attached hydrogen (secondary N) is 1. The lowest BCUT2D eigenvalue weighted by atomic mass is 10.3. The van der Waals surface area contributed by atoms with Gasteiger partial charge in [0, 0.05) is 6.92 Å². The van der Waals surface area contributed by atoms with Crippen molar-refractivity contribution in [3.8, 4) is 10.6 Å². The highest BCUT2D eigenvalue weighted by Gasteiger charge is 2.18. The highest BCUT2D eigenvalue weighted by molar-refractivity contribution is 7.17. The molecule has 0 atom stereocenters. The fourth-order valence-electron chi connectivity index (χ4n) is 1.46. The van der Waals surface area contributed by atoms with Crippen LogP contribution in [0.3, 0.4) is 0 Å². The molecule has 0 fully saturated rings. The van der Waals surface area contributed by atoms with Gasteiger partial charge in [0.05, 0.1) is 10.6 Å². The molecule has 0 saturated heterocycles. The van der Waals surface area contributed by atoms with Crippen LogP contribution in [0.15, 0.2) is 9.32 Å². The van der Waals surface area contributed by atoms with Crippen LogP contribution >= 0.6 is 11.3 Å². The summed E-state index contributed by atoms with van der Waals surface area (Å²) in [5.41, 5.74) is 0.731. The number of nitrogens with zero attached hydrogens (tertiary/aromatic N) is 1. The number of ketones is 1. The van der Waals surface area contributed by atoms with Gasteiger partial charge >= 0.3 is 0 Å². The first-order valence-corrected chi connectivity index (χ1v) is 5.49. The fraction of sp³-hybridized carbons (Fsp3) is 0.300. The Balaban J connectivity index is 2.62. The topological polar surface area (TPSA) is 76.0 Å². The van der Waals surface area contributed by atoms with Gasteiger partial charge in [-0.05, 0) is 13.8 Å². The van der Waals surface area contributed by atoms with Crippen LogP contribution in [0.4, 0.5) is 0 Å². The molecule has 1 N–H and O–H groups in total. The van der Waals surface area contributed by atoms with Crippen LogP contribution in [0, 0.1) is 13.8 Å². The van der Waals surface area contributed by atoms with Crippen molar-refractivity contribution in [1.29, 1.82) is 0 Å². The molecule has 2 aromatic rings. The number of aryl methyl sites for hydroxylation is 2. The number of hydrogen-bond donors (Lipinski definition) is 1. The normalized spacial score (nSPS) is 10.7. The summed E-state index contributed by atoms with van der Waals surface area (Å²) in [6.45, 7) is 4.91. The molecule has 5 nitrogen and oxygen atoms in total.